The van der Waals surface area contributed by atoms with Gasteiger partial charge in [0.2, 0.25) is 5.91 Å². The average molecular weight is 271 g/mol. The average Bonchev–Trinajstić information content (AvgIpc) is 2.89. The zero-order valence-electron chi connectivity index (χ0n) is 11.3. The molecule has 5 heteroatoms. The number of carbonyl (C=O) groups is 2. The van der Waals surface area contributed by atoms with Crippen LogP contribution in [0, 0.1) is 11.3 Å². The Morgan fingerprint density at radius 2 is 2.30 bits per heavy atom. The molecule has 104 valence electrons. The maximum absolute atomic E-state index is 11.9. The van der Waals surface area contributed by atoms with Crippen LogP contribution >= 0.6 is 0 Å². The van der Waals surface area contributed by atoms with Gasteiger partial charge >= 0.3 is 0 Å². The molecule has 0 unspecified atom stereocenters. The fourth-order valence-electron chi connectivity index (χ4n) is 2.24. The van der Waals surface area contributed by atoms with Gasteiger partial charge in [-0.25, -0.2) is 0 Å². The molecule has 1 heterocycles. The lowest BCUT2D eigenvalue weighted by atomic mass is 10.1. The summed E-state index contributed by atoms with van der Waals surface area (Å²) in [5.41, 5.74) is 0.960. The van der Waals surface area contributed by atoms with Crippen molar-refractivity contribution in [3.8, 4) is 6.07 Å². The Labute approximate surface area is 118 Å². The molecule has 1 saturated heterocycles. The monoisotopic (exact) mass is 271 g/mol. The van der Waals surface area contributed by atoms with E-state index in [1.807, 2.05) is 11.0 Å². The minimum atomic E-state index is -0.185. The molecule has 1 aromatic rings. The third kappa shape index (κ3) is 3.58. The summed E-state index contributed by atoms with van der Waals surface area (Å²) in [6.45, 7) is 2.05. The van der Waals surface area contributed by atoms with Crippen LogP contribution in [0.2, 0.25) is 0 Å². The number of likely N-dealkylation sites (tertiary alicyclic amines) is 1. The summed E-state index contributed by atoms with van der Waals surface area (Å²) in [6.07, 6.45) is 2.33. The Morgan fingerprint density at radius 3 is 3.00 bits per heavy atom. The van der Waals surface area contributed by atoms with Crippen LogP contribution < -0.4 is 5.32 Å². The number of rotatable bonds is 5. The number of nitrogens with zero attached hydrogens (tertiary/aromatic N) is 2. The van der Waals surface area contributed by atoms with E-state index < -0.39 is 0 Å². The first-order valence-electron chi connectivity index (χ1n) is 6.77. The molecule has 1 aliphatic rings. The molecule has 5 nitrogen and oxygen atoms in total. The normalized spacial score (nSPS) is 14.2. The number of carbonyl (C=O) groups excluding carboxylic acids is 2. The van der Waals surface area contributed by atoms with Gasteiger partial charge in [-0.15, -0.1) is 0 Å². The molecule has 20 heavy (non-hydrogen) atoms. The van der Waals surface area contributed by atoms with Crippen LogP contribution in [0.4, 0.5) is 0 Å². The molecule has 2 rings (SSSR count). The fraction of sp³-hybridized carbons (Fsp3) is 0.400. The van der Waals surface area contributed by atoms with E-state index in [9.17, 15) is 9.59 Å². The van der Waals surface area contributed by atoms with E-state index in [2.05, 4.69) is 5.32 Å². The number of hydrogen-bond acceptors (Lipinski definition) is 3. The van der Waals surface area contributed by atoms with Crippen molar-refractivity contribution >= 4 is 11.8 Å². The van der Waals surface area contributed by atoms with E-state index in [1.165, 1.54) is 0 Å². The van der Waals surface area contributed by atoms with Crippen molar-refractivity contribution < 1.29 is 9.59 Å². The molecule has 2 amide bonds. The Bertz CT molecular complexity index is 548. The van der Waals surface area contributed by atoms with Gasteiger partial charge in [0.25, 0.3) is 5.91 Å². The van der Waals surface area contributed by atoms with E-state index in [0.29, 0.717) is 30.6 Å². The molecule has 0 aliphatic carbocycles. The van der Waals surface area contributed by atoms with Crippen molar-refractivity contribution in [1.82, 2.24) is 10.2 Å². The molecule has 0 bridgehead atoms. The second-order valence-corrected chi connectivity index (χ2v) is 4.79. The molecule has 0 spiro atoms. The number of benzene rings is 1. The maximum atomic E-state index is 11.9. The van der Waals surface area contributed by atoms with Gasteiger partial charge < -0.3 is 10.2 Å². The highest BCUT2D eigenvalue weighted by atomic mass is 16.2. The molecule has 1 N–H and O–H groups in total. The second-order valence-electron chi connectivity index (χ2n) is 4.79. The zero-order chi connectivity index (χ0) is 14.4. The van der Waals surface area contributed by atoms with E-state index >= 15 is 0 Å². The molecule has 1 fully saturated rings. The maximum Gasteiger partial charge on any atom is 0.251 e. The van der Waals surface area contributed by atoms with Crippen LogP contribution in [0.5, 0.6) is 0 Å². The van der Waals surface area contributed by atoms with Crippen LogP contribution in [0.3, 0.4) is 0 Å². The van der Waals surface area contributed by atoms with E-state index in [-0.39, 0.29) is 11.8 Å². The topological polar surface area (TPSA) is 73.2 Å². The predicted octanol–water partition coefficient (Wildman–Crippen LogP) is 1.30. The quantitative estimate of drug-likeness (QED) is 0.820. The highest BCUT2D eigenvalue weighted by Gasteiger charge is 2.19. The van der Waals surface area contributed by atoms with Crippen LogP contribution in [-0.4, -0.2) is 36.3 Å². The highest BCUT2D eigenvalue weighted by Crippen LogP contribution is 2.09. The second kappa shape index (κ2) is 6.71. The van der Waals surface area contributed by atoms with E-state index in [1.54, 1.807) is 24.3 Å². The molecule has 0 radical (unpaired) electrons. The summed E-state index contributed by atoms with van der Waals surface area (Å²) in [4.78, 5) is 25.1. The molecule has 0 aromatic heterocycles. The van der Waals surface area contributed by atoms with Gasteiger partial charge in [0, 0.05) is 31.6 Å². The third-order valence-electron chi connectivity index (χ3n) is 3.32. The van der Waals surface area contributed by atoms with E-state index in [0.717, 1.165) is 19.4 Å². The van der Waals surface area contributed by atoms with Gasteiger partial charge in [0.15, 0.2) is 0 Å². The van der Waals surface area contributed by atoms with Crippen molar-refractivity contribution in [1.29, 1.82) is 5.26 Å². The SMILES string of the molecule is N#Cc1cccc(C(=O)NCCCN2CCCC2=O)c1. The predicted molar refractivity (Wildman–Crippen MR) is 73.9 cm³/mol. The highest BCUT2D eigenvalue weighted by molar-refractivity contribution is 5.94. The summed E-state index contributed by atoms with van der Waals surface area (Å²) < 4.78 is 0. The smallest absolute Gasteiger partial charge is 0.251 e. The first kappa shape index (κ1) is 14.1. The summed E-state index contributed by atoms with van der Waals surface area (Å²) in [6, 6.07) is 8.61. The van der Waals surface area contributed by atoms with Gasteiger partial charge in [-0.05, 0) is 31.0 Å². The Morgan fingerprint density at radius 1 is 1.45 bits per heavy atom. The van der Waals surface area contributed by atoms with Crippen molar-refractivity contribution in [2.24, 2.45) is 0 Å². The van der Waals surface area contributed by atoms with Crippen molar-refractivity contribution in [3.05, 3.63) is 35.4 Å². The van der Waals surface area contributed by atoms with Crippen LogP contribution in [0.1, 0.15) is 35.2 Å². The first-order valence-corrected chi connectivity index (χ1v) is 6.77. The molecule has 1 aliphatic heterocycles. The van der Waals surface area contributed by atoms with Crippen molar-refractivity contribution in [2.45, 2.75) is 19.3 Å². The van der Waals surface area contributed by atoms with E-state index in [4.69, 9.17) is 5.26 Å². The zero-order valence-corrected chi connectivity index (χ0v) is 11.3. The van der Waals surface area contributed by atoms with Gasteiger partial charge in [-0.1, -0.05) is 6.07 Å². The first-order chi connectivity index (χ1) is 9.70. The Balaban J connectivity index is 1.75. The molecule has 0 atom stereocenters. The standard InChI is InChI=1S/C15H17N3O2/c16-11-12-4-1-5-13(10-12)15(20)17-7-3-9-18-8-2-6-14(18)19/h1,4-5,10H,2-3,6-9H2,(H,17,20). The summed E-state index contributed by atoms with van der Waals surface area (Å²) >= 11 is 0. The summed E-state index contributed by atoms with van der Waals surface area (Å²) in [5.74, 6) is 0.0212. The third-order valence-corrected chi connectivity index (χ3v) is 3.32. The number of nitriles is 1. The molecular formula is C15H17N3O2. The number of hydrogen-bond donors (Lipinski definition) is 1. The minimum absolute atomic E-state index is 0.185. The number of nitrogens with one attached hydrogen (secondary N) is 1. The van der Waals surface area contributed by atoms with Gasteiger partial charge in [-0.2, -0.15) is 5.26 Å². The van der Waals surface area contributed by atoms with Crippen LogP contribution in [-0.2, 0) is 4.79 Å². The largest absolute Gasteiger partial charge is 0.352 e. The minimum Gasteiger partial charge on any atom is -0.352 e. The number of amides is 2. The lowest BCUT2D eigenvalue weighted by Crippen LogP contribution is -2.30. The summed E-state index contributed by atoms with van der Waals surface area (Å²) in [5, 5.41) is 11.6. The lowest BCUT2D eigenvalue weighted by Gasteiger charge is -2.15. The van der Waals surface area contributed by atoms with Crippen LogP contribution in [0.25, 0.3) is 0 Å². The molecule has 0 saturated carbocycles. The fourth-order valence-corrected chi connectivity index (χ4v) is 2.24. The summed E-state index contributed by atoms with van der Waals surface area (Å²) in [7, 11) is 0. The van der Waals surface area contributed by atoms with Gasteiger partial charge in [-0.3, -0.25) is 9.59 Å². The van der Waals surface area contributed by atoms with Crippen LogP contribution in [0.15, 0.2) is 24.3 Å². The van der Waals surface area contributed by atoms with Crippen molar-refractivity contribution in [3.63, 3.8) is 0 Å². The van der Waals surface area contributed by atoms with Crippen molar-refractivity contribution in [2.75, 3.05) is 19.6 Å². The van der Waals surface area contributed by atoms with Gasteiger partial charge in [0.1, 0.15) is 0 Å². The molecular weight excluding hydrogens is 254 g/mol. The molecule has 1 aromatic carbocycles. The Hall–Kier alpha value is -2.35. The Kier molecular flexibility index (Phi) is 4.72. The van der Waals surface area contributed by atoms with Gasteiger partial charge in [0.05, 0.1) is 11.6 Å². The lowest BCUT2D eigenvalue weighted by molar-refractivity contribution is -0.127.